The number of amides is 2. The molecule has 0 heterocycles. The standard InChI is InChI=1S/C19H20BrN3O5/c1-10-5-13(18(27)14(20)6-10)15(8-17(25)26)23-16(24)9-22-19(28)11-3-2-4-12(21)7-11/h2-7,15,27H,8-9,21H2,1H3,(H,22,28)(H,23,24)(H,25,26)/t15-/m1/s1. The maximum Gasteiger partial charge on any atom is 0.305 e. The lowest BCUT2D eigenvalue weighted by Gasteiger charge is -2.20. The van der Waals surface area contributed by atoms with Crippen LogP contribution >= 0.6 is 15.9 Å². The molecule has 0 aliphatic heterocycles. The third kappa shape index (κ3) is 5.71. The summed E-state index contributed by atoms with van der Waals surface area (Å²) in [6.07, 6.45) is -0.432. The van der Waals surface area contributed by atoms with Gasteiger partial charge in [-0.15, -0.1) is 0 Å². The van der Waals surface area contributed by atoms with E-state index < -0.39 is 30.2 Å². The normalized spacial score (nSPS) is 11.5. The average molecular weight is 450 g/mol. The van der Waals surface area contributed by atoms with Crippen LogP contribution in [0.2, 0.25) is 0 Å². The number of phenolic OH excluding ortho intramolecular Hbond substituents is 1. The molecule has 0 radical (unpaired) electrons. The number of carbonyl (C=O) groups is 3. The highest BCUT2D eigenvalue weighted by Gasteiger charge is 2.23. The van der Waals surface area contributed by atoms with E-state index in [-0.39, 0.29) is 17.9 Å². The van der Waals surface area contributed by atoms with Crippen LogP contribution in [0, 0.1) is 6.92 Å². The second-order valence-electron chi connectivity index (χ2n) is 6.21. The summed E-state index contributed by atoms with van der Waals surface area (Å²) < 4.78 is 0.391. The number of nitrogen functional groups attached to an aromatic ring is 1. The van der Waals surface area contributed by atoms with Crippen LogP contribution in [0.15, 0.2) is 40.9 Å². The highest BCUT2D eigenvalue weighted by Crippen LogP contribution is 2.34. The van der Waals surface area contributed by atoms with Gasteiger partial charge >= 0.3 is 5.97 Å². The number of aryl methyl sites for hydroxylation is 1. The molecule has 1 atom stereocenters. The van der Waals surface area contributed by atoms with Crippen molar-refractivity contribution in [3.8, 4) is 5.75 Å². The first kappa shape index (κ1) is 21.2. The Balaban J connectivity index is 2.09. The summed E-state index contributed by atoms with van der Waals surface area (Å²) in [4.78, 5) is 35.5. The van der Waals surface area contributed by atoms with E-state index >= 15 is 0 Å². The van der Waals surface area contributed by atoms with E-state index in [1.54, 1.807) is 37.3 Å². The van der Waals surface area contributed by atoms with Crippen LogP contribution in [0.25, 0.3) is 0 Å². The van der Waals surface area contributed by atoms with Crippen molar-refractivity contribution in [1.82, 2.24) is 10.6 Å². The average Bonchev–Trinajstić information content (AvgIpc) is 2.61. The minimum atomic E-state index is -1.15. The Morgan fingerprint density at radius 1 is 1.21 bits per heavy atom. The predicted molar refractivity (Wildman–Crippen MR) is 107 cm³/mol. The van der Waals surface area contributed by atoms with E-state index in [0.717, 1.165) is 5.56 Å². The number of carboxylic acids is 1. The Bertz CT molecular complexity index is 916. The molecule has 0 bridgehead atoms. The molecule has 0 aliphatic carbocycles. The Morgan fingerprint density at radius 3 is 2.57 bits per heavy atom. The van der Waals surface area contributed by atoms with Crippen molar-refractivity contribution in [2.24, 2.45) is 0 Å². The number of aliphatic carboxylic acids is 1. The first-order chi connectivity index (χ1) is 13.2. The molecule has 0 aliphatic rings. The zero-order chi connectivity index (χ0) is 20.8. The third-order valence-corrected chi connectivity index (χ3v) is 4.49. The lowest BCUT2D eigenvalue weighted by atomic mass is 10.0. The van der Waals surface area contributed by atoms with E-state index in [1.807, 2.05) is 0 Å². The van der Waals surface area contributed by atoms with Crippen molar-refractivity contribution in [3.05, 3.63) is 57.6 Å². The first-order valence-corrected chi connectivity index (χ1v) is 9.10. The fourth-order valence-corrected chi connectivity index (χ4v) is 3.22. The van der Waals surface area contributed by atoms with E-state index in [1.165, 1.54) is 6.07 Å². The molecule has 2 aromatic carbocycles. The smallest absolute Gasteiger partial charge is 0.305 e. The minimum absolute atomic E-state index is 0.152. The van der Waals surface area contributed by atoms with Crippen LogP contribution in [0.1, 0.15) is 33.9 Å². The molecular formula is C19H20BrN3O5. The molecule has 2 amide bonds. The lowest BCUT2D eigenvalue weighted by Crippen LogP contribution is -2.39. The third-order valence-electron chi connectivity index (χ3n) is 3.88. The summed E-state index contributed by atoms with van der Waals surface area (Å²) in [6, 6.07) is 8.58. The number of carboxylic acid groups (broad SMARTS) is 1. The summed E-state index contributed by atoms with van der Waals surface area (Å²) in [5.74, 6) is -2.38. The Labute approximate surface area is 169 Å². The van der Waals surface area contributed by atoms with Gasteiger partial charge in [0, 0.05) is 16.8 Å². The first-order valence-electron chi connectivity index (χ1n) is 8.31. The number of benzene rings is 2. The van der Waals surface area contributed by atoms with Gasteiger partial charge < -0.3 is 26.6 Å². The highest BCUT2D eigenvalue weighted by molar-refractivity contribution is 9.10. The van der Waals surface area contributed by atoms with Gasteiger partial charge in [0.2, 0.25) is 5.91 Å². The Kier molecular flexibility index (Phi) is 7.00. The molecule has 0 unspecified atom stereocenters. The zero-order valence-corrected chi connectivity index (χ0v) is 16.6. The number of aromatic hydroxyl groups is 1. The van der Waals surface area contributed by atoms with E-state index in [2.05, 4.69) is 26.6 Å². The van der Waals surface area contributed by atoms with Gasteiger partial charge in [0.1, 0.15) is 5.75 Å². The quantitative estimate of drug-likeness (QED) is 0.409. The maximum atomic E-state index is 12.3. The van der Waals surface area contributed by atoms with E-state index in [9.17, 15) is 19.5 Å². The van der Waals surface area contributed by atoms with Crippen LogP contribution in [-0.4, -0.2) is 34.5 Å². The Hall–Kier alpha value is -3.07. The van der Waals surface area contributed by atoms with Crippen molar-refractivity contribution < 1.29 is 24.6 Å². The fraction of sp³-hybridized carbons (Fsp3) is 0.211. The van der Waals surface area contributed by atoms with Crippen molar-refractivity contribution in [2.45, 2.75) is 19.4 Å². The van der Waals surface area contributed by atoms with E-state index in [4.69, 9.17) is 10.8 Å². The molecule has 0 saturated heterocycles. The monoisotopic (exact) mass is 449 g/mol. The van der Waals surface area contributed by atoms with Gasteiger partial charge in [-0.1, -0.05) is 12.1 Å². The van der Waals surface area contributed by atoms with Gasteiger partial charge in [-0.3, -0.25) is 14.4 Å². The number of nitrogens with two attached hydrogens (primary N) is 1. The van der Waals surface area contributed by atoms with Crippen molar-refractivity contribution in [1.29, 1.82) is 0 Å². The number of anilines is 1. The summed E-state index contributed by atoms with van der Waals surface area (Å²) in [6.45, 7) is 1.41. The number of nitrogens with one attached hydrogen (secondary N) is 2. The molecule has 9 heteroatoms. The second-order valence-corrected chi connectivity index (χ2v) is 7.07. The summed E-state index contributed by atoms with van der Waals surface area (Å²) in [5, 5.41) is 24.4. The topological polar surface area (TPSA) is 142 Å². The summed E-state index contributed by atoms with van der Waals surface area (Å²) in [5.41, 5.74) is 7.39. The number of rotatable bonds is 7. The van der Waals surface area contributed by atoms with Crippen molar-refractivity contribution >= 4 is 39.4 Å². The molecule has 0 fully saturated rings. The van der Waals surface area contributed by atoms with Crippen LogP contribution in [0.5, 0.6) is 5.75 Å². The minimum Gasteiger partial charge on any atom is -0.506 e. The molecule has 0 spiro atoms. The molecule has 148 valence electrons. The van der Waals surface area contributed by atoms with E-state index in [0.29, 0.717) is 15.7 Å². The molecule has 0 saturated carbocycles. The van der Waals surface area contributed by atoms with Crippen LogP contribution in [-0.2, 0) is 9.59 Å². The molecule has 2 rings (SSSR count). The Morgan fingerprint density at radius 2 is 1.93 bits per heavy atom. The van der Waals surface area contributed by atoms with Gasteiger partial charge in [-0.05, 0) is 52.7 Å². The number of hydrogen-bond donors (Lipinski definition) is 5. The fourth-order valence-electron chi connectivity index (χ4n) is 2.63. The van der Waals surface area contributed by atoms with Gasteiger partial charge in [-0.2, -0.15) is 0 Å². The van der Waals surface area contributed by atoms with Gasteiger partial charge in [0.15, 0.2) is 0 Å². The maximum absolute atomic E-state index is 12.3. The molecule has 0 aromatic heterocycles. The number of hydrogen-bond acceptors (Lipinski definition) is 5. The summed E-state index contributed by atoms with van der Waals surface area (Å²) in [7, 11) is 0. The van der Waals surface area contributed by atoms with Crippen LogP contribution in [0.3, 0.4) is 0 Å². The van der Waals surface area contributed by atoms with Gasteiger partial charge in [-0.25, -0.2) is 0 Å². The molecular weight excluding hydrogens is 430 g/mol. The van der Waals surface area contributed by atoms with Crippen LogP contribution in [0.4, 0.5) is 5.69 Å². The number of carbonyl (C=O) groups excluding carboxylic acids is 2. The number of halogens is 1. The highest BCUT2D eigenvalue weighted by atomic mass is 79.9. The molecule has 8 nitrogen and oxygen atoms in total. The molecule has 6 N–H and O–H groups in total. The lowest BCUT2D eigenvalue weighted by molar-refractivity contribution is -0.137. The van der Waals surface area contributed by atoms with Gasteiger partial charge in [0.25, 0.3) is 5.91 Å². The summed E-state index contributed by atoms with van der Waals surface area (Å²) >= 11 is 3.20. The second kappa shape index (κ2) is 9.23. The SMILES string of the molecule is Cc1cc(Br)c(O)c([C@@H](CC(=O)O)NC(=O)CNC(=O)c2cccc(N)c2)c1. The van der Waals surface area contributed by atoms with Crippen molar-refractivity contribution in [3.63, 3.8) is 0 Å². The number of phenols is 1. The van der Waals surface area contributed by atoms with Crippen LogP contribution < -0.4 is 16.4 Å². The van der Waals surface area contributed by atoms with Gasteiger partial charge in [0.05, 0.1) is 23.5 Å². The zero-order valence-electron chi connectivity index (χ0n) is 15.0. The molecule has 28 heavy (non-hydrogen) atoms. The van der Waals surface area contributed by atoms with Crippen molar-refractivity contribution in [2.75, 3.05) is 12.3 Å². The molecule has 2 aromatic rings. The largest absolute Gasteiger partial charge is 0.506 e. The predicted octanol–water partition coefficient (Wildman–Crippen LogP) is 2.11.